The molecule has 0 atom stereocenters. The number of halogens is 4. The summed E-state index contributed by atoms with van der Waals surface area (Å²) in [5.74, 6) is 0. The zero-order chi connectivity index (χ0) is 11.1. The fraction of sp³-hybridized carbons (Fsp3) is 0.333. The van der Waals surface area contributed by atoms with Crippen LogP contribution in [0, 0.1) is 6.92 Å². The van der Waals surface area contributed by atoms with Crippen LogP contribution >= 0.6 is 22.0 Å². The van der Waals surface area contributed by atoms with Crippen molar-refractivity contribution in [3.8, 4) is 0 Å². The quantitative estimate of drug-likeness (QED) is 0.731. The Hall–Kier alpha value is -0.270. The van der Waals surface area contributed by atoms with Gasteiger partial charge >= 0.3 is 6.18 Å². The number of thiophene rings is 1. The molecule has 0 amide bonds. The van der Waals surface area contributed by atoms with Crippen LogP contribution in [-0.2, 0) is 15.2 Å². The van der Waals surface area contributed by atoms with Crippen molar-refractivity contribution in [3.63, 3.8) is 0 Å². The number of aryl methyl sites for hydroxylation is 1. The standard InChI is InChI=1S/C6H4ClF3O2S2/c1-3-4(6(8,9)10)2-5(13-3)14(7,11)12/h2H,1H3. The summed E-state index contributed by atoms with van der Waals surface area (Å²) >= 11 is 0.508. The molecule has 0 aliphatic heterocycles. The molecule has 0 spiro atoms. The summed E-state index contributed by atoms with van der Waals surface area (Å²) in [6.07, 6.45) is -4.54. The SMILES string of the molecule is Cc1sc(S(=O)(=O)Cl)cc1C(F)(F)F. The van der Waals surface area contributed by atoms with E-state index in [2.05, 4.69) is 0 Å². The second-order valence-electron chi connectivity index (χ2n) is 2.47. The zero-order valence-corrected chi connectivity index (χ0v) is 9.11. The first-order valence-corrected chi connectivity index (χ1v) is 6.37. The summed E-state index contributed by atoms with van der Waals surface area (Å²) in [4.78, 5) is -0.114. The fourth-order valence-electron chi connectivity index (χ4n) is 0.856. The lowest BCUT2D eigenvalue weighted by atomic mass is 10.3. The van der Waals surface area contributed by atoms with Gasteiger partial charge in [0.1, 0.15) is 4.21 Å². The van der Waals surface area contributed by atoms with Crippen molar-refractivity contribution in [2.75, 3.05) is 0 Å². The van der Waals surface area contributed by atoms with Gasteiger partial charge in [0.25, 0.3) is 9.05 Å². The Bertz CT molecular complexity index is 446. The molecule has 0 fully saturated rings. The van der Waals surface area contributed by atoms with E-state index in [9.17, 15) is 21.6 Å². The third-order valence-electron chi connectivity index (χ3n) is 1.44. The molecule has 0 saturated carbocycles. The second-order valence-corrected chi connectivity index (χ2v) is 6.52. The third kappa shape index (κ3) is 2.40. The van der Waals surface area contributed by atoms with Crippen molar-refractivity contribution < 1.29 is 21.6 Å². The largest absolute Gasteiger partial charge is 0.417 e. The van der Waals surface area contributed by atoms with Crippen LogP contribution in [0.1, 0.15) is 10.4 Å². The Morgan fingerprint density at radius 3 is 2.14 bits per heavy atom. The molecule has 80 valence electrons. The van der Waals surface area contributed by atoms with E-state index in [1.54, 1.807) is 0 Å². The van der Waals surface area contributed by atoms with Crippen molar-refractivity contribution >= 4 is 31.1 Å². The summed E-state index contributed by atoms with van der Waals surface area (Å²) in [6, 6.07) is 0.544. The van der Waals surface area contributed by atoms with Gasteiger partial charge in [-0.2, -0.15) is 13.2 Å². The predicted molar refractivity (Wildman–Crippen MR) is 47.1 cm³/mol. The molecular weight excluding hydrogens is 261 g/mol. The number of hydrogen-bond acceptors (Lipinski definition) is 3. The maximum absolute atomic E-state index is 12.2. The number of hydrogen-bond donors (Lipinski definition) is 0. The lowest BCUT2D eigenvalue weighted by molar-refractivity contribution is -0.137. The highest BCUT2D eigenvalue weighted by atomic mass is 35.7. The molecule has 0 bridgehead atoms. The molecule has 0 aliphatic carbocycles. The van der Waals surface area contributed by atoms with Crippen molar-refractivity contribution in [1.82, 2.24) is 0 Å². The Kier molecular flexibility index (Phi) is 2.86. The molecule has 0 saturated heterocycles. The van der Waals surface area contributed by atoms with Gasteiger partial charge in [0.05, 0.1) is 5.56 Å². The minimum Gasteiger partial charge on any atom is -0.206 e. The van der Waals surface area contributed by atoms with Crippen LogP contribution in [0.4, 0.5) is 13.2 Å². The fourth-order valence-corrected chi connectivity index (χ4v) is 3.07. The van der Waals surface area contributed by atoms with Gasteiger partial charge in [-0.1, -0.05) is 0 Å². The van der Waals surface area contributed by atoms with Crippen LogP contribution in [0.15, 0.2) is 10.3 Å². The normalized spacial score (nSPS) is 13.2. The van der Waals surface area contributed by atoms with Crippen molar-refractivity contribution in [2.45, 2.75) is 17.3 Å². The molecule has 0 aromatic carbocycles. The van der Waals surface area contributed by atoms with Gasteiger partial charge < -0.3 is 0 Å². The van der Waals surface area contributed by atoms with Crippen molar-refractivity contribution in [2.24, 2.45) is 0 Å². The van der Waals surface area contributed by atoms with E-state index >= 15 is 0 Å². The lowest BCUT2D eigenvalue weighted by Crippen LogP contribution is -2.04. The van der Waals surface area contributed by atoms with Crippen LogP contribution in [0.3, 0.4) is 0 Å². The number of rotatable bonds is 1. The van der Waals surface area contributed by atoms with Crippen LogP contribution in [-0.4, -0.2) is 8.42 Å². The van der Waals surface area contributed by atoms with Gasteiger partial charge in [0.2, 0.25) is 0 Å². The van der Waals surface area contributed by atoms with Crippen LogP contribution in [0.2, 0.25) is 0 Å². The predicted octanol–water partition coefficient (Wildman–Crippen LogP) is 3.00. The van der Waals surface area contributed by atoms with E-state index in [0.29, 0.717) is 17.4 Å². The van der Waals surface area contributed by atoms with E-state index < -0.39 is 25.0 Å². The molecular formula is C6H4ClF3O2S2. The van der Waals surface area contributed by atoms with Crippen LogP contribution in [0.5, 0.6) is 0 Å². The average molecular weight is 265 g/mol. The van der Waals surface area contributed by atoms with Gasteiger partial charge in [-0.05, 0) is 13.0 Å². The molecule has 0 unspecified atom stereocenters. The molecule has 2 nitrogen and oxygen atoms in total. The van der Waals surface area contributed by atoms with E-state index in [4.69, 9.17) is 10.7 Å². The summed E-state index contributed by atoms with van der Waals surface area (Å²) in [5.41, 5.74) is -0.957. The smallest absolute Gasteiger partial charge is 0.206 e. The van der Waals surface area contributed by atoms with E-state index in [0.717, 1.165) is 0 Å². The maximum Gasteiger partial charge on any atom is 0.417 e. The van der Waals surface area contributed by atoms with Crippen LogP contribution in [0.25, 0.3) is 0 Å². The van der Waals surface area contributed by atoms with Gasteiger partial charge in [-0.15, -0.1) is 11.3 Å². The van der Waals surface area contributed by atoms with Gasteiger partial charge in [-0.25, -0.2) is 8.42 Å². The monoisotopic (exact) mass is 264 g/mol. The van der Waals surface area contributed by atoms with E-state index in [1.165, 1.54) is 6.92 Å². The van der Waals surface area contributed by atoms with E-state index in [1.807, 2.05) is 0 Å². The summed E-state index contributed by atoms with van der Waals surface area (Å²) < 4.78 is 57.6. The Morgan fingerprint density at radius 1 is 1.43 bits per heavy atom. The van der Waals surface area contributed by atoms with Crippen molar-refractivity contribution in [1.29, 1.82) is 0 Å². The minimum absolute atomic E-state index is 0.114. The molecule has 0 N–H and O–H groups in total. The van der Waals surface area contributed by atoms with Crippen molar-refractivity contribution in [3.05, 3.63) is 16.5 Å². The summed E-state index contributed by atoms with van der Waals surface area (Å²) in [7, 11) is 0.835. The molecule has 1 aromatic rings. The Balaban J connectivity index is 3.33. The minimum atomic E-state index is -4.54. The maximum atomic E-state index is 12.2. The average Bonchev–Trinajstić information content (AvgIpc) is 2.27. The lowest BCUT2D eigenvalue weighted by Gasteiger charge is -2.03. The first kappa shape index (κ1) is 11.8. The topological polar surface area (TPSA) is 34.1 Å². The zero-order valence-electron chi connectivity index (χ0n) is 6.72. The second kappa shape index (κ2) is 3.39. The molecule has 0 aliphatic rings. The molecule has 1 rings (SSSR count). The molecule has 14 heavy (non-hydrogen) atoms. The Morgan fingerprint density at radius 2 is 1.93 bits per heavy atom. The summed E-state index contributed by atoms with van der Waals surface area (Å²) in [6.45, 7) is 1.19. The first-order chi connectivity index (χ1) is 6.12. The molecule has 0 radical (unpaired) electrons. The molecule has 1 aromatic heterocycles. The third-order valence-corrected chi connectivity index (χ3v) is 4.57. The Labute approximate surface area is 86.7 Å². The highest BCUT2D eigenvalue weighted by Crippen LogP contribution is 2.38. The first-order valence-electron chi connectivity index (χ1n) is 3.24. The van der Waals surface area contributed by atoms with Crippen LogP contribution < -0.4 is 0 Å². The summed E-state index contributed by atoms with van der Waals surface area (Å²) in [5, 5.41) is 0. The molecule has 1 heterocycles. The van der Waals surface area contributed by atoms with Gasteiger partial charge in [0, 0.05) is 15.6 Å². The van der Waals surface area contributed by atoms with Gasteiger partial charge in [0.15, 0.2) is 0 Å². The van der Waals surface area contributed by atoms with Gasteiger partial charge in [-0.3, -0.25) is 0 Å². The van der Waals surface area contributed by atoms with E-state index in [-0.39, 0.29) is 4.88 Å². The number of alkyl halides is 3. The molecule has 8 heteroatoms. The highest BCUT2D eigenvalue weighted by molar-refractivity contribution is 8.15. The highest BCUT2D eigenvalue weighted by Gasteiger charge is 2.35.